The molecule has 0 saturated carbocycles. The summed E-state index contributed by atoms with van der Waals surface area (Å²) in [5.41, 5.74) is 7.01. The molecule has 0 aromatic heterocycles. The van der Waals surface area contributed by atoms with Gasteiger partial charge in [-0.25, -0.2) is 0 Å². The number of fused-ring (bicyclic) bond motifs is 3. The van der Waals surface area contributed by atoms with E-state index in [9.17, 15) is 0 Å². The van der Waals surface area contributed by atoms with Crippen molar-refractivity contribution in [1.29, 1.82) is 0 Å². The van der Waals surface area contributed by atoms with Crippen LogP contribution in [0, 0.1) is 0 Å². The molecule has 4 rings (SSSR count). The Morgan fingerprint density at radius 3 is 1.96 bits per heavy atom. The lowest BCUT2D eigenvalue weighted by Gasteiger charge is -2.12. The number of hydrogen-bond donors (Lipinski definition) is 1. The van der Waals surface area contributed by atoms with Gasteiger partial charge in [-0.2, -0.15) is 0 Å². The fourth-order valence-corrected chi connectivity index (χ4v) is 3.66. The van der Waals surface area contributed by atoms with E-state index < -0.39 is 0 Å². The summed E-state index contributed by atoms with van der Waals surface area (Å²) in [5, 5.41) is 2.47. The number of ether oxygens (including phenoxy) is 1. The molecule has 1 aliphatic rings. The van der Waals surface area contributed by atoms with Gasteiger partial charge in [-0.3, -0.25) is 0 Å². The van der Waals surface area contributed by atoms with Gasteiger partial charge in [0.2, 0.25) is 0 Å². The van der Waals surface area contributed by atoms with Gasteiger partial charge in [-0.15, -0.1) is 0 Å². The number of nitrogens with two attached hydrogens (primary N) is 1. The Morgan fingerprint density at radius 1 is 0.792 bits per heavy atom. The van der Waals surface area contributed by atoms with Crippen molar-refractivity contribution in [2.75, 3.05) is 13.7 Å². The van der Waals surface area contributed by atoms with Crippen LogP contribution < -0.4 is 10.1 Å². The molecule has 3 aromatic carbocycles. The molecule has 0 aliphatic heterocycles. The molecular formula is C22H22NO+. The molecule has 0 radical (unpaired) electrons. The second-order valence-corrected chi connectivity index (χ2v) is 6.27. The summed E-state index contributed by atoms with van der Waals surface area (Å²) in [4.78, 5) is 0. The molecular weight excluding hydrogens is 294 g/mol. The van der Waals surface area contributed by atoms with Gasteiger partial charge < -0.3 is 10.1 Å². The summed E-state index contributed by atoms with van der Waals surface area (Å²) in [6.07, 6.45) is 1.06. The molecule has 2 heteroatoms. The van der Waals surface area contributed by atoms with Crippen LogP contribution in [0.2, 0.25) is 0 Å². The van der Waals surface area contributed by atoms with E-state index in [1.54, 1.807) is 7.11 Å². The van der Waals surface area contributed by atoms with Gasteiger partial charge in [-0.1, -0.05) is 60.7 Å². The summed E-state index contributed by atoms with van der Waals surface area (Å²) >= 11 is 0. The first-order valence-corrected chi connectivity index (χ1v) is 8.51. The zero-order chi connectivity index (χ0) is 16.4. The monoisotopic (exact) mass is 316 g/mol. The lowest BCUT2D eigenvalue weighted by Crippen LogP contribution is -2.85. The van der Waals surface area contributed by atoms with Gasteiger partial charge in [0.25, 0.3) is 0 Å². The zero-order valence-electron chi connectivity index (χ0n) is 13.9. The van der Waals surface area contributed by atoms with Crippen molar-refractivity contribution in [2.24, 2.45) is 0 Å². The largest absolute Gasteiger partial charge is 0.497 e. The highest BCUT2D eigenvalue weighted by Crippen LogP contribution is 2.40. The molecule has 0 heterocycles. The summed E-state index contributed by atoms with van der Waals surface area (Å²) in [6, 6.07) is 26.4. The van der Waals surface area contributed by atoms with Crippen LogP contribution in [0.15, 0.2) is 72.8 Å². The molecule has 0 unspecified atom stereocenters. The molecule has 0 fully saturated rings. The first kappa shape index (κ1) is 15.0. The molecule has 0 atom stereocenters. The Kier molecular flexibility index (Phi) is 4.06. The molecule has 1 aliphatic carbocycles. The Labute approximate surface area is 143 Å². The van der Waals surface area contributed by atoms with E-state index in [0.29, 0.717) is 6.04 Å². The minimum atomic E-state index is 0.413. The predicted molar refractivity (Wildman–Crippen MR) is 97.2 cm³/mol. The molecule has 3 aromatic rings. The van der Waals surface area contributed by atoms with Crippen LogP contribution in [0.25, 0.3) is 11.1 Å². The van der Waals surface area contributed by atoms with E-state index in [1.807, 2.05) is 12.1 Å². The van der Waals surface area contributed by atoms with Crippen LogP contribution in [0.5, 0.6) is 5.75 Å². The van der Waals surface area contributed by atoms with Crippen molar-refractivity contribution in [3.8, 4) is 16.9 Å². The SMILES string of the molecule is COc1ccc(CC[NH2+]C2c3ccccc3-c3ccccc32)cc1. The second-order valence-electron chi connectivity index (χ2n) is 6.27. The van der Waals surface area contributed by atoms with E-state index in [0.717, 1.165) is 18.7 Å². The van der Waals surface area contributed by atoms with Crippen molar-refractivity contribution in [3.05, 3.63) is 89.5 Å². The maximum Gasteiger partial charge on any atom is 0.139 e. The van der Waals surface area contributed by atoms with E-state index >= 15 is 0 Å². The highest BCUT2D eigenvalue weighted by molar-refractivity contribution is 5.77. The van der Waals surface area contributed by atoms with Crippen molar-refractivity contribution in [3.63, 3.8) is 0 Å². The quantitative estimate of drug-likeness (QED) is 0.765. The molecule has 0 saturated heterocycles. The summed E-state index contributed by atoms with van der Waals surface area (Å²) in [6.45, 7) is 1.07. The second kappa shape index (κ2) is 6.50. The standard InChI is InChI=1S/C22H21NO/c1-24-17-12-10-16(11-13-17)14-15-23-22-20-8-4-2-6-18(20)19-7-3-5-9-21(19)22/h2-13,22-23H,14-15H2,1H3/p+1. The number of benzene rings is 3. The molecule has 0 amide bonds. The first-order chi connectivity index (χ1) is 11.9. The van der Waals surface area contributed by atoms with Crippen molar-refractivity contribution < 1.29 is 10.1 Å². The fraction of sp³-hybridized carbons (Fsp3) is 0.182. The van der Waals surface area contributed by atoms with Crippen molar-refractivity contribution in [1.82, 2.24) is 0 Å². The molecule has 2 N–H and O–H groups in total. The van der Waals surface area contributed by atoms with Crippen molar-refractivity contribution in [2.45, 2.75) is 12.5 Å². The number of methoxy groups -OCH3 is 1. The van der Waals surface area contributed by atoms with Crippen LogP contribution in [0.1, 0.15) is 22.7 Å². The lowest BCUT2D eigenvalue weighted by molar-refractivity contribution is -0.686. The topological polar surface area (TPSA) is 25.8 Å². The summed E-state index contributed by atoms with van der Waals surface area (Å²) in [7, 11) is 1.71. The van der Waals surface area contributed by atoms with Gasteiger partial charge >= 0.3 is 0 Å². The Balaban J connectivity index is 1.50. The third-order valence-electron chi connectivity index (χ3n) is 4.88. The van der Waals surface area contributed by atoms with Crippen LogP contribution in [-0.4, -0.2) is 13.7 Å². The normalized spacial score (nSPS) is 12.7. The molecule has 0 bridgehead atoms. The third kappa shape index (κ3) is 2.70. The highest BCUT2D eigenvalue weighted by Gasteiger charge is 2.30. The van der Waals surface area contributed by atoms with Crippen molar-refractivity contribution >= 4 is 0 Å². The van der Waals surface area contributed by atoms with Crippen LogP contribution >= 0.6 is 0 Å². The Morgan fingerprint density at radius 2 is 1.38 bits per heavy atom. The zero-order valence-corrected chi connectivity index (χ0v) is 13.9. The molecule has 120 valence electrons. The first-order valence-electron chi connectivity index (χ1n) is 8.51. The van der Waals surface area contributed by atoms with Crippen LogP contribution in [0.4, 0.5) is 0 Å². The smallest absolute Gasteiger partial charge is 0.139 e. The van der Waals surface area contributed by atoms with Gasteiger partial charge in [0.15, 0.2) is 0 Å². The van der Waals surface area contributed by atoms with E-state index in [2.05, 4.69) is 66.0 Å². The van der Waals surface area contributed by atoms with Gasteiger partial charge in [-0.05, 0) is 28.8 Å². The van der Waals surface area contributed by atoms with Crippen LogP contribution in [-0.2, 0) is 6.42 Å². The Bertz CT molecular complexity index is 793. The average Bonchev–Trinajstić information content (AvgIpc) is 2.97. The molecule has 0 spiro atoms. The van der Waals surface area contributed by atoms with Crippen LogP contribution in [0.3, 0.4) is 0 Å². The minimum Gasteiger partial charge on any atom is -0.497 e. The van der Waals surface area contributed by atoms with Gasteiger partial charge in [0.1, 0.15) is 11.8 Å². The van der Waals surface area contributed by atoms with Gasteiger partial charge in [0, 0.05) is 17.5 Å². The fourth-order valence-electron chi connectivity index (χ4n) is 3.66. The molecule has 24 heavy (non-hydrogen) atoms. The number of hydrogen-bond acceptors (Lipinski definition) is 1. The summed E-state index contributed by atoms with van der Waals surface area (Å²) < 4.78 is 5.23. The van der Waals surface area contributed by atoms with E-state index in [4.69, 9.17) is 4.74 Å². The lowest BCUT2D eigenvalue weighted by atomic mass is 10.0. The molecule has 2 nitrogen and oxygen atoms in total. The Hall–Kier alpha value is -2.58. The number of quaternary nitrogens is 1. The highest BCUT2D eigenvalue weighted by atomic mass is 16.5. The third-order valence-corrected chi connectivity index (χ3v) is 4.88. The van der Waals surface area contributed by atoms with E-state index in [-0.39, 0.29) is 0 Å². The maximum atomic E-state index is 5.23. The predicted octanol–water partition coefficient (Wildman–Crippen LogP) is 3.57. The maximum absolute atomic E-state index is 5.23. The van der Waals surface area contributed by atoms with Gasteiger partial charge in [0.05, 0.1) is 13.7 Å². The summed E-state index contributed by atoms with van der Waals surface area (Å²) in [5.74, 6) is 0.918. The number of rotatable bonds is 5. The average molecular weight is 316 g/mol. The minimum absolute atomic E-state index is 0.413. The van der Waals surface area contributed by atoms with E-state index in [1.165, 1.54) is 27.8 Å².